The number of fused-ring (bicyclic) bond motifs is 1. The summed E-state index contributed by atoms with van der Waals surface area (Å²) < 4.78 is 6.77. The van der Waals surface area contributed by atoms with Crippen molar-refractivity contribution in [2.45, 2.75) is 19.3 Å². The normalized spacial score (nSPS) is 16.2. The van der Waals surface area contributed by atoms with Gasteiger partial charge in [-0.25, -0.2) is 0 Å². The highest BCUT2D eigenvalue weighted by Gasteiger charge is 2.26. The van der Waals surface area contributed by atoms with Gasteiger partial charge in [0.25, 0.3) is 0 Å². The van der Waals surface area contributed by atoms with Gasteiger partial charge in [0.2, 0.25) is 0 Å². The SMILES string of the molecule is CC(=O)c1cc(Br)ccc1OCC1Cc2ccccc21. The molecule has 102 valence electrons. The van der Waals surface area contributed by atoms with Gasteiger partial charge in [-0.2, -0.15) is 0 Å². The Morgan fingerprint density at radius 2 is 2.10 bits per heavy atom. The second-order valence-electron chi connectivity index (χ2n) is 5.11. The minimum atomic E-state index is 0.0234. The van der Waals surface area contributed by atoms with Gasteiger partial charge in [0.15, 0.2) is 5.78 Å². The summed E-state index contributed by atoms with van der Waals surface area (Å²) in [5.74, 6) is 1.13. The van der Waals surface area contributed by atoms with Crippen LogP contribution in [0.25, 0.3) is 0 Å². The highest BCUT2D eigenvalue weighted by atomic mass is 79.9. The molecule has 0 bridgehead atoms. The summed E-state index contributed by atoms with van der Waals surface area (Å²) in [6.45, 7) is 2.19. The molecule has 1 atom stereocenters. The minimum absolute atomic E-state index is 0.0234. The average Bonchev–Trinajstić information content (AvgIpc) is 2.41. The molecule has 0 saturated carbocycles. The maximum Gasteiger partial charge on any atom is 0.163 e. The lowest BCUT2D eigenvalue weighted by molar-refractivity contribution is 0.101. The van der Waals surface area contributed by atoms with E-state index in [9.17, 15) is 4.79 Å². The van der Waals surface area contributed by atoms with E-state index in [1.54, 1.807) is 6.92 Å². The number of ether oxygens (including phenoxy) is 1. The van der Waals surface area contributed by atoms with E-state index < -0.39 is 0 Å². The van der Waals surface area contributed by atoms with Gasteiger partial charge in [0, 0.05) is 10.4 Å². The topological polar surface area (TPSA) is 26.3 Å². The first kappa shape index (κ1) is 13.4. The van der Waals surface area contributed by atoms with Crippen LogP contribution in [-0.2, 0) is 6.42 Å². The lowest BCUT2D eigenvalue weighted by Gasteiger charge is -2.30. The van der Waals surface area contributed by atoms with E-state index in [4.69, 9.17) is 4.74 Å². The van der Waals surface area contributed by atoms with E-state index in [0.717, 1.165) is 10.9 Å². The Hall–Kier alpha value is -1.61. The molecule has 0 aliphatic heterocycles. The summed E-state index contributed by atoms with van der Waals surface area (Å²) >= 11 is 3.38. The smallest absolute Gasteiger partial charge is 0.163 e. The van der Waals surface area contributed by atoms with E-state index >= 15 is 0 Å². The second-order valence-corrected chi connectivity index (χ2v) is 6.02. The van der Waals surface area contributed by atoms with Gasteiger partial charge >= 0.3 is 0 Å². The zero-order chi connectivity index (χ0) is 14.1. The van der Waals surface area contributed by atoms with Crippen LogP contribution in [-0.4, -0.2) is 12.4 Å². The molecule has 0 spiro atoms. The van der Waals surface area contributed by atoms with E-state index in [1.165, 1.54) is 11.1 Å². The zero-order valence-electron chi connectivity index (χ0n) is 11.2. The average molecular weight is 331 g/mol. The molecule has 2 aromatic carbocycles. The van der Waals surface area contributed by atoms with Gasteiger partial charge in [0.05, 0.1) is 12.2 Å². The molecule has 0 aromatic heterocycles. The third-order valence-corrected chi connectivity index (χ3v) is 4.22. The van der Waals surface area contributed by atoms with Gasteiger partial charge < -0.3 is 4.74 Å². The highest BCUT2D eigenvalue weighted by Crippen LogP contribution is 2.35. The summed E-state index contributed by atoms with van der Waals surface area (Å²) in [4.78, 5) is 11.6. The van der Waals surface area contributed by atoms with E-state index in [1.807, 2.05) is 18.2 Å². The monoisotopic (exact) mass is 330 g/mol. The summed E-state index contributed by atoms with van der Waals surface area (Å²) in [6, 6.07) is 14.0. The molecular formula is C17H15BrO2. The highest BCUT2D eigenvalue weighted by molar-refractivity contribution is 9.10. The molecule has 0 fully saturated rings. The van der Waals surface area contributed by atoms with Crippen LogP contribution in [0.5, 0.6) is 5.75 Å². The molecule has 0 heterocycles. The van der Waals surface area contributed by atoms with Crippen LogP contribution in [0, 0.1) is 0 Å². The number of hydrogen-bond acceptors (Lipinski definition) is 2. The fourth-order valence-corrected chi connectivity index (χ4v) is 2.97. The van der Waals surface area contributed by atoms with Gasteiger partial charge in [-0.1, -0.05) is 40.2 Å². The molecule has 0 amide bonds. The molecule has 20 heavy (non-hydrogen) atoms. The zero-order valence-corrected chi connectivity index (χ0v) is 12.8. The van der Waals surface area contributed by atoms with Crippen LogP contribution in [0.15, 0.2) is 46.9 Å². The van der Waals surface area contributed by atoms with Gasteiger partial charge in [-0.15, -0.1) is 0 Å². The van der Waals surface area contributed by atoms with Crippen LogP contribution in [0.1, 0.15) is 34.3 Å². The summed E-state index contributed by atoms with van der Waals surface area (Å²) in [5, 5.41) is 0. The number of hydrogen-bond donors (Lipinski definition) is 0. The summed E-state index contributed by atoms with van der Waals surface area (Å²) in [6.07, 6.45) is 1.06. The first-order valence-corrected chi connectivity index (χ1v) is 7.45. The van der Waals surface area contributed by atoms with E-state index in [-0.39, 0.29) is 5.78 Å². The van der Waals surface area contributed by atoms with Crippen molar-refractivity contribution in [3.63, 3.8) is 0 Å². The van der Waals surface area contributed by atoms with Crippen molar-refractivity contribution in [3.05, 3.63) is 63.6 Å². The second kappa shape index (κ2) is 5.41. The fraction of sp³-hybridized carbons (Fsp3) is 0.235. The molecule has 0 N–H and O–H groups in total. The van der Waals surface area contributed by atoms with Crippen LogP contribution in [0.2, 0.25) is 0 Å². The van der Waals surface area contributed by atoms with Crippen molar-refractivity contribution < 1.29 is 9.53 Å². The molecule has 1 aliphatic carbocycles. The summed E-state index contributed by atoms with van der Waals surface area (Å²) in [5.41, 5.74) is 3.41. The first-order chi connectivity index (χ1) is 9.65. The van der Waals surface area contributed by atoms with Gasteiger partial charge in [0.1, 0.15) is 5.75 Å². The van der Waals surface area contributed by atoms with Crippen molar-refractivity contribution in [1.82, 2.24) is 0 Å². The molecule has 1 unspecified atom stereocenters. The van der Waals surface area contributed by atoms with Crippen molar-refractivity contribution >= 4 is 21.7 Å². The quantitative estimate of drug-likeness (QED) is 0.778. The Bertz CT molecular complexity index is 664. The van der Waals surface area contributed by atoms with E-state index in [2.05, 4.69) is 40.2 Å². The van der Waals surface area contributed by atoms with Crippen molar-refractivity contribution in [2.75, 3.05) is 6.61 Å². The number of halogens is 1. The molecule has 0 saturated heterocycles. The van der Waals surface area contributed by atoms with Crippen molar-refractivity contribution in [2.24, 2.45) is 0 Å². The summed E-state index contributed by atoms with van der Waals surface area (Å²) in [7, 11) is 0. The third kappa shape index (κ3) is 2.50. The predicted octanol–water partition coefficient (Wildman–Crippen LogP) is 4.37. The van der Waals surface area contributed by atoms with Crippen molar-refractivity contribution in [3.8, 4) is 5.75 Å². The number of carbonyl (C=O) groups is 1. The Balaban J connectivity index is 1.73. The predicted molar refractivity (Wildman–Crippen MR) is 82.5 cm³/mol. The standard InChI is InChI=1S/C17H15BrO2/c1-11(19)16-9-14(18)6-7-17(16)20-10-13-8-12-4-2-3-5-15(12)13/h2-7,9,13H,8,10H2,1H3. The Morgan fingerprint density at radius 3 is 2.85 bits per heavy atom. The Morgan fingerprint density at radius 1 is 1.30 bits per heavy atom. The van der Waals surface area contributed by atoms with Crippen LogP contribution < -0.4 is 4.74 Å². The van der Waals surface area contributed by atoms with Crippen LogP contribution in [0.3, 0.4) is 0 Å². The molecule has 3 heteroatoms. The molecule has 2 aromatic rings. The molecule has 2 nitrogen and oxygen atoms in total. The lowest BCUT2D eigenvalue weighted by Crippen LogP contribution is -2.23. The maximum atomic E-state index is 11.6. The van der Waals surface area contributed by atoms with Crippen LogP contribution >= 0.6 is 15.9 Å². The largest absolute Gasteiger partial charge is 0.492 e. The van der Waals surface area contributed by atoms with Gasteiger partial charge in [-0.05, 0) is 42.7 Å². The number of ketones is 1. The lowest BCUT2D eigenvalue weighted by atomic mass is 9.78. The molecule has 3 rings (SSSR count). The Labute approximate surface area is 126 Å². The van der Waals surface area contributed by atoms with Crippen LogP contribution in [0.4, 0.5) is 0 Å². The number of Topliss-reactive ketones (excluding diaryl/α,β-unsaturated/α-hetero) is 1. The molecule has 0 radical (unpaired) electrons. The maximum absolute atomic E-state index is 11.6. The van der Waals surface area contributed by atoms with E-state index in [0.29, 0.717) is 23.8 Å². The number of carbonyl (C=O) groups excluding carboxylic acids is 1. The fourth-order valence-electron chi connectivity index (χ4n) is 2.60. The Kier molecular flexibility index (Phi) is 3.62. The van der Waals surface area contributed by atoms with Gasteiger partial charge in [-0.3, -0.25) is 4.79 Å². The first-order valence-electron chi connectivity index (χ1n) is 6.66. The minimum Gasteiger partial charge on any atom is -0.492 e. The molecule has 1 aliphatic rings. The van der Waals surface area contributed by atoms with Crippen molar-refractivity contribution in [1.29, 1.82) is 0 Å². The number of benzene rings is 2. The molecular weight excluding hydrogens is 316 g/mol. The third-order valence-electron chi connectivity index (χ3n) is 3.72. The number of rotatable bonds is 4.